The molecule has 0 saturated heterocycles. The van der Waals surface area contributed by atoms with Crippen molar-refractivity contribution in [2.24, 2.45) is 0 Å². The Hall–Kier alpha value is -1.54. The standard InChI is InChI=1S/C17H24N2/c1-4-10-19-11-9-16(13-19)12-18-15(3)17-7-5-14(2)6-8-17/h5-9,11,13,15,18H,4,10,12H2,1-3H3. The number of aryl methyl sites for hydroxylation is 2. The smallest absolute Gasteiger partial charge is 0.0294 e. The number of hydrogen-bond acceptors (Lipinski definition) is 1. The van der Waals surface area contributed by atoms with Gasteiger partial charge in [0.2, 0.25) is 0 Å². The number of aromatic nitrogens is 1. The van der Waals surface area contributed by atoms with Gasteiger partial charge in [0.25, 0.3) is 0 Å². The van der Waals surface area contributed by atoms with Gasteiger partial charge in [-0.25, -0.2) is 0 Å². The van der Waals surface area contributed by atoms with E-state index in [2.05, 4.69) is 73.4 Å². The Morgan fingerprint density at radius 1 is 1.16 bits per heavy atom. The molecule has 0 aliphatic carbocycles. The third-order valence-electron chi connectivity index (χ3n) is 3.48. The zero-order chi connectivity index (χ0) is 13.7. The molecule has 0 fully saturated rings. The maximum Gasteiger partial charge on any atom is 0.0294 e. The van der Waals surface area contributed by atoms with E-state index in [1.165, 1.54) is 23.1 Å². The van der Waals surface area contributed by atoms with E-state index in [4.69, 9.17) is 0 Å². The molecule has 0 amide bonds. The van der Waals surface area contributed by atoms with Crippen LogP contribution in [0.25, 0.3) is 0 Å². The molecule has 2 aromatic rings. The largest absolute Gasteiger partial charge is 0.354 e. The summed E-state index contributed by atoms with van der Waals surface area (Å²) in [6.45, 7) is 8.57. The Morgan fingerprint density at radius 3 is 2.58 bits per heavy atom. The van der Waals surface area contributed by atoms with Gasteiger partial charge in [-0.15, -0.1) is 0 Å². The Morgan fingerprint density at radius 2 is 1.89 bits per heavy atom. The number of hydrogen-bond donors (Lipinski definition) is 1. The van der Waals surface area contributed by atoms with Crippen LogP contribution in [0.2, 0.25) is 0 Å². The third-order valence-corrected chi connectivity index (χ3v) is 3.48. The fourth-order valence-electron chi connectivity index (χ4n) is 2.24. The first kappa shape index (κ1) is 13.9. The predicted octanol–water partition coefficient (Wildman–Crippen LogP) is 4.06. The molecule has 0 spiro atoms. The van der Waals surface area contributed by atoms with Crippen molar-refractivity contribution in [1.82, 2.24) is 9.88 Å². The Labute approximate surface area is 116 Å². The minimum atomic E-state index is 0.384. The first-order valence-electron chi connectivity index (χ1n) is 7.13. The summed E-state index contributed by atoms with van der Waals surface area (Å²) in [6.07, 6.45) is 5.58. The van der Waals surface area contributed by atoms with Crippen molar-refractivity contribution in [2.75, 3.05) is 0 Å². The van der Waals surface area contributed by atoms with E-state index in [1.54, 1.807) is 0 Å². The Bertz CT molecular complexity index is 496. The summed E-state index contributed by atoms with van der Waals surface area (Å²) < 4.78 is 2.26. The third kappa shape index (κ3) is 3.97. The summed E-state index contributed by atoms with van der Waals surface area (Å²) in [7, 11) is 0. The molecule has 19 heavy (non-hydrogen) atoms. The molecular formula is C17H24N2. The SMILES string of the molecule is CCCn1ccc(CNC(C)c2ccc(C)cc2)c1. The van der Waals surface area contributed by atoms with Crippen LogP contribution in [0.5, 0.6) is 0 Å². The average Bonchev–Trinajstić information content (AvgIpc) is 2.85. The van der Waals surface area contributed by atoms with Gasteiger partial charge in [-0.3, -0.25) is 0 Å². The summed E-state index contributed by atoms with van der Waals surface area (Å²) in [5.74, 6) is 0. The summed E-state index contributed by atoms with van der Waals surface area (Å²) in [6, 6.07) is 11.3. The number of nitrogens with one attached hydrogen (secondary N) is 1. The lowest BCUT2D eigenvalue weighted by molar-refractivity contribution is 0.573. The molecule has 0 aliphatic heterocycles. The zero-order valence-corrected chi connectivity index (χ0v) is 12.2. The minimum Gasteiger partial charge on any atom is -0.354 e. The highest BCUT2D eigenvalue weighted by atomic mass is 14.9. The summed E-state index contributed by atoms with van der Waals surface area (Å²) >= 11 is 0. The van der Waals surface area contributed by atoms with Crippen molar-refractivity contribution >= 4 is 0 Å². The van der Waals surface area contributed by atoms with Crippen molar-refractivity contribution in [3.63, 3.8) is 0 Å². The maximum atomic E-state index is 3.58. The molecule has 0 aliphatic rings. The first-order valence-corrected chi connectivity index (χ1v) is 7.13. The van der Waals surface area contributed by atoms with Crippen LogP contribution in [-0.4, -0.2) is 4.57 Å². The molecule has 1 aromatic heterocycles. The molecule has 1 unspecified atom stereocenters. The highest BCUT2D eigenvalue weighted by Crippen LogP contribution is 2.14. The van der Waals surface area contributed by atoms with Crippen LogP contribution >= 0.6 is 0 Å². The second-order valence-corrected chi connectivity index (χ2v) is 5.27. The van der Waals surface area contributed by atoms with E-state index in [0.29, 0.717) is 6.04 Å². The highest BCUT2D eigenvalue weighted by molar-refractivity contribution is 5.23. The van der Waals surface area contributed by atoms with E-state index in [-0.39, 0.29) is 0 Å². The molecule has 0 radical (unpaired) electrons. The summed E-state index contributed by atoms with van der Waals surface area (Å²) in [5.41, 5.74) is 4.01. The van der Waals surface area contributed by atoms with E-state index < -0.39 is 0 Å². The average molecular weight is 256 g/mol. The fraction of sp³-hybridized carbons (Fsp3) is 0.412. The van der Waals surface area contributed by atoms with Crippen LogP contribution in [0.1, 0.15) is 43.0 Å². The van der Waals surface area contributed by atoms with Crippen molar-refractivity contribution in [1.29, 1.82) is 0 Å². The van der Waals surface area contributed by atoms with Gasteiger partial charge in [0.05, 0.1) is 0 Å². The van der Waals surface area contributed by atoms with Gasteiger partial charge >= 0.3 is 0 Å². The molecule has 1 heterocycles. The normalized spacial score (nSPS) is 12.6. The van der Waals surface area contributed by atoms with Crippen LogP contribution in [-0.2, 0) is 13.1 Å². The van der Waals surface area contributed by atoms with Crippen molar-refractivity contribution in [3.05, 3.63) is 59.4 Å². The summed E-state index contributed by atoms with van der Waals surface area (Å²) in [5, 5.41) is 3.58. The predicted molar refractivity (Wildman–Crippen MR) is 81.2 cm³/mol. The Kier molecular flexibility index (Phi) is 4.80. The summed E-state index contributed by atoms with van der Waals surface area (Å²) in [4.78, 5) is 0. The van der Waals surface area contributed by atoms with E-state index in [1.807, 2.05) is 0 Å². The molecule has 1 atom stereocenters. The number of nitrogens with zero attached hydrogens (tertiary/aromatic N) is 1. The lowest BCUT2D eigenvalue weighted by Crippen LogP contribution is -2.17. The molecule has 2 rings (SSSR count). The van der Waals surface area contributed by atoms with Crippen molar-refractivity contribution in [2.45, 2.75) is 46.3 Å². The molecule has 1 aromatic carbocycles. The van der Waals surface area contributed by atoms with Gasteiger partial charge in [-0.2, -0.15) is 0 Å². The van der Waals surface area contributed by atoms with E-state index in [0.717, 1.165) is 13.1 Å². The molecule has 2 heteroatoms. The molecule has 1 N–H and O–H groups in total. The fourth-order valence-corrected chi connectivity index (χ4v) is 2.24. The lowest BCUT2D eigenvalue weighted by Gasteiger charge is -2.14. The first-order chi connectivity index (χ1) is 9.19. The topological polar surface area (TPSA) is 17.0 Å². The molecule has 2 nitrogen and oxygen atoms in total. The number of benzene rings is 1. The molecular weight excluding hydrogens is 232 g/mol. The van der Waals surface area contributed by atoms with Crippen LogP contribution in [0, 0.1) is 6.92 Å². The van der Waals surface area contributed by atoms with Crippen molar-refractivity contribution < 1.29 is 0 Å². The van der Waals surface area contributed by atoms with E-state index in [9.17, 15) is 0 Å². The van der Waals surface area contributed by atoms with E-state index >= 15 is 0 Å². The van der Waals surface area contributed by atoms with Gasteiger partial charge in [-0.1, -0.05) is 36.8 Å². The van der Waals surface area contributed by atoms with Crippen LogP contribution < -0.4 is 5.32 Å². The monoisotopic (exact) mass is 256 g/mol. The second-order valence-electron chi connectivity index (χ2n) is 5.27. The molecule has 0 saturated carbocycles. The Balaban J connectivity index is 1.88. The molecule has 102 valence electrons. The maximum absolute atomic E-state index is 3.58. The van der Waals surface area contributed by atoms with Gasteiger partial charge in [-0.05, 0) is 37.5 Å². The quantitative estimate of drug-likeness (QED) is 0.825. The van der Waals surface area contributed by atoms with Gasteiger partial charge in [0.15, 0.2) is 0 Å². The molecule has 0 bridgehead atoms. The van der Waals surface area contributed by atoms with Crippen LogP contribution in [0.3, 0.4) is 0 Å². The van der Waals surface area contributed by atoms with Crippen LogP contribution in [0.4, 0.5) is 0 Å². The van der Waals surface area contributed by atoms with Crippen molar-refractivity contribution in [3.8, 4) is 0 Å². The second kappa shape index (κ2) is 6.58. The van der Waals surface area contributed by atoms with Gasteiger partial charge < -0.3 is 9.88 Å². The lowest BCUT2D eigenvalue weighted by atomic mass is 10.1. The van der Waals surface area contributed by atoms with Crippen LogP contribution in [0.15, 0.2) is 42.7 Å². The number of rotatable bonds is 6. The van der Waals surface area contributed by atoms with Gasteiger partial charge in [0, 0.05) is 31.5 Å². The van der Waals surface area contributed by atoms with Gasteiger partial charge in [0.1, 0.15) is 0 Å². The minimum absolute atomic E-state index is 0.384. The highest BCUT2D eigenvalue weighted by Gasteiger charge is 2.05. The zero-order valence-electron chi connectivity index (χ0n) is 12.2.